The van der Waals surface area contributed by atoms with E-state index >= 15 is 0 Å². The van der Waals surface area contributed by atoms with Gasteiger partial charge in [-0.1, -0.05) is 42.7 Å². The van der Waals surface area contributed by atoms with Crippen molar-refractivity contribution in [2.75, 3.05) is 28.3 Å². The van der Waals surface area contributed by atoms with Crippen LogP contribution in [0.1, 0.15) is 42.4 Å². The van der Waals surface area contributed by atoms with E-state index < -0.39 is 22.6 Å². The number of anilines is 2. The molecule has 8 heteroatoms. The summed E-state index contributed by atoms with van der Waals surface area (Å²) in [5.74, 6) is -1.74. The second-order valence-electron chi connectivity index (χ2n) is 8.96. The minimum atomic E-state index is -1.72. The summed E-state index contributed by atoms with van der Waals surface area (Å²) in [4.78, 5) is 39.6. The molecule has 0 heterocycles. The Hall–Kier alpha value is -3.00. The molecule has 0 spiro atoms. The molecule has 3 amide bonds. The van der Waals surface area contributed by atoms with Crippen molar-refractivity contribution < 1.29 is 18.6 Å². The number of benzene rings is 2. The van der Waals surface area contributed by atoms with Gasteiger partial charge in [0.25, 0.3) is 0 Å². The molecule has 0 radical (unpaired) electrons. The smallest absolute Gasteiger partial charge is 0.240 e. The lowest BCUT2D eigenvalue weighted by atomic mass is 10.1. The predicted octanol–water partition coefficient (Wildman–Crippen LogP) is 3.39. The Kier molecular flexibility index (Phi) is 8.98. The van der Waals surface area contributed by atoms with Crippen LogP contribution in [-0.4, -0.2) is 46.0 Å². The largest absolute Gasteiger partial charge is 0.352 e. The predicted molar refractivity (Wildman–Crippen MR) is 136 cm³/mol. The van der Waals surface area contributed by atoms with E-state index in [4.69, 9.17) is 0 Å². The molecule has 0 bridgehead atoms. The first kappa shape index (κ1) is 25.6. The zero-order chi connectivity index (χ0) is 24.7. The number of nitrogens with one attached hydrogen (secondary N) is 2. The monoisotopic (exact) mass is 483 g/mol. The summed E-state index contributed by atoms with van der Waals surface area (Å²) < 4.78 is 12.7. The van der Waals surface area contributed by atoms with Gasteiger partial charge in [-0.3, -0.25) is 18.6 Å². The molecule has 0 saturated heterocycles. The Bertz CT molecular complexity index is 1060. The van der Waals surface area contributed by atoms with Gasteiger partial charge >= 0.3 is 0 Å². The number of carbonyl (C=O) groups excluding carboxylic acids is 3. The van der Waals surface area contributed by atoms with Gasteiger partial charge in [0.2, 0.25) is 17.7 Å². The molecule has 1 fully saturated rings. The van der Waals surface area contributed by atoms with Gasteiger partial charge in [-0.2, -0.15) is 0 Å². The van der Waals surface area contributed by atoms with Gasteiger partial charge in [0, 0.05) is 28.2 Å². The Morgan fingerprint density at radius 2 is 1.56 bits per heavy atom. The zero-order valence-electron chi connectivity index (χ0n) is 20.1. The number of amides is 3. The first-order valence-corrected chi connectivity index (χ1v) is 13.1. The number of aryl methyl sites for hydroxylation is 3. The normalized spacial score (nSPS) is 14.4. The maximum atomic E-state index is 13.2. The van der Waals surface area contributed by atoms with Crippen molar-refractivity contribution >= 4 is 39.9 Å². The minimum Gasteiger partial charge on any atom is -0.352 e. The highest BCUT2D eigenvalue weighted by Gasteiger charge is 2.25. The first-order valence-electron chi connectivity index (χ1n) is 11.6. The third-order valence-corrected chi connectivity index (χ3v) is 7.04. The molecule has 1 aliphatic rings. The van der Waals surface area contributed by atoms with E-state index in [2.05, 4.69) is 10.6 Å². The van der Waals surface area contributed by atoms with E-state index in [1.54, 1.807) is 12.1 Å². The third kappa shape index (κ3) is 7.52. The highest BCUT2D eigenvalue weighted by atomic mass is 32.2. The highest BCUT2D eigenvalue weighted by Crippen LogP contribution is 2.23. The lowest BCUT2D eigenvalue weighted by Crippen LogP contribution is -2.45. The van der Waals surface area contributed by atoms with Gasteiger partial charge in [0.1, 0.15) is 18.1 Å². The zero-order valence-corrected chi connectivity index (χ0v) is 20.9. The van der Waals surface area contributed by atoms with Gasteiger partial charge in [-0.05, 0) is 62.9 Å². The van der Waals surface area contributed by atoms with Crippen LogP contribution in [0.2, 0.25) is 0 Å². The molecule has 1 saturated carbocycles. The van der Waals surface area contributed by atoms with Crippen molar-refractivity contribution in [2.45, 2.75) is 52.5 Å². The van der Waals surface area contributed by atoms with Gasteiger partial charge < -0.3 is 15.5 Å². The molecule has 0 aliphatic heterocycles. The molecule has 34 heavy (non-hydrogen) atoms. The van der Waals surface area contributed by atoms with E-state index in [-0.39, 0.29) is 30.0 Å². The fourth-order valence-electron chi connectivity index (χ4n) is 4.05. The lowest BCUT2D eigenvalue weighted by Gasteiger charge is -2.25. The molecule has 7 nitrogen and oxygen atoms in total. The van der Waals surface area contributed by atoms with Crippen LogP contribution in [0.4, 0.5) is 11.4 Å². The number of hydrogen-bond acceptors (Lipinski definition) is 4. The Morgan fingerprint density at radius 1 is 0.912 bits per heavy atom. The second kappa shape index (κ2) is 11.9. The molecule has 2 N–H and O–H groups in total. The molecule has 1 aliphatic carbocycles. The van der Waals surface area contributed by atoms with E-state index in [0.29, 0.717) is 11.4 Å². The summed E-state index contributed by atoms with van der Waals surface area (Å²) >= 11 is 0. The molecule has 2 aromatic carbocycles. The van der Waals surface area contributed by atoms with Crippen LogP contribution in [0.15, 0.2) is 42.5 Å². The minimum absolute atomic E-state index is 0.141. The van der Waals surface area contributed by atoms with Crippen molar-refractivity contribution in [1.82, 2.24) is 5.32 Å². The van der Waals surface area contributed by atoms with Crippen LogP contribution in [0.25, 0.3) is 0 Å². The van der Waals surface area contributed by atoms with Crippen LogP contribution < -0.4 is 15.5 Å². The summed E-state index contributed by atoms with van der Waals surface area (Å²) in [6, 6.07) is 13.1. The first-order chi connectivity index (χ1) is 16.2. The molecule has 0 unspecified atom stereocenters. The number of rotatable bonds is 9. The van der Waals surface area contributed by atoms with Gasteiger partial charge in [-0.25, -0.2) is 0 Å². The maximum absolute atomic E-state index is 13.2. The van der Waals surface area contributed by atoms with E-state index in [1.807, 2.05) is 51.1 Å². The van der Waals surface area contributed by atoms with Crippen LogP contribution in [0, 0.1) is 20.8 Å². The van der Waals surface area contributed by atoms with Crippen LogP contribution in [0.5, 0.6) is 0 Å². The third-order valence-electron chi connectivity index (χ3n) is 5.89. The summed E-state index contributed by atoms with van der Waals surface area (Å²) in [5, 5.41) is 5.71. The SMILES string of the molecule is Cc1ccc(NC(=O)C[S@](=O)CC(=O)N(CC(=O)NC2CCCC2)c2cc(C)ccc2C)cc1. The molecule has 3 rings (SSSR count). The number of nitrogens with zero attached hydrogens (tertiary/aromatic N) is 1. The fraction of sp³-hybridized carbons (Fsp3) is 0.423. The lowest BCUT2D eigenvalue weighted by molar-refractivity contribution is -0.123. The van der Waals surface area contributed by atoms with Crippen molar-refractivity contribution in [3.05, 3.63) is 59.2 Å². The highest BCUT2D eigenvalue weighted by molar-refractivity contribution is 7.86. The maximum Gasteiger partial charge on any atom is 0.240 e. The van der Waals surface area contributed by atoms with Gasteiger partial charge in [0.15, 0.2) is 0 Å². The molecular weight excluding hydrogens is 450 g/mol. The average molecular weight is 484 g/mol. The molecular formula is C26H33N3O4S. The van der Waals surface area contributed by atoms with E-state index in [1.165, 1.54) is 4.90 Å². The van der Waals surface area contributed by atoms with Gasteiger partial charge in [0.05, 0.1) is 0 Å². The average Bonchev–Trinajstić information content (AvgIpc) is 3.28. The molecule has 1 atom stereocenters. The van der Waals surface area contributed by atoms with E-state index in [0.717, 1.165) is 42.4 Å². The van der Waals surface area contributed by atoms with E-state index in [9.17, 15) is 18.6 Å². The summed E-state index contributed by atoms with van der Waals surface area (Å²) in [6.07, 6.45) is 4.08. The Balaban J connectivity index is 1.66. The van der Waals surface area contributed by atoms with Crippen LogP contribution in [0.3, 0.4) is 0 Å². The fourth-order valence-corrected chi connectivity index (χ4v) is 4.95. The van der Waals surface area contributed by atoms with Gasteiger partial charge in [-0.15, -0.1) is 0 Å². The number of hydrogen-bond donors (Lipinski definition) is 2. The second-order valence-corrected chi connectivity index (χ2v) is 10.4. The molecule has 2 aromatic rings. The van der Waals surface area contributed by atoms with Crippen molar-refractivity contribution in [3.8, 4) is 0 Å². The summed E-state index contributed by atoms with van der Waals surface area (Å²) in [6.45, 7) is 5.59. The summed E-state index contributed by atoms with van der Waals surface area (Å²) in [5.41, 5.74) is 4.09. The Morgan fingerprint density at radius 3 is 2.24 bits per heavy atom. The van der Waals surface area contributed by atoms with Crippen molar-refractivity contribution in [1.29, 1.82) is 0 Å². The quantitative estimate of drug-likeness (QED) is 0.572. The topological polar surface area (TPSA) is 95.6 Å². The van der Waals surface area contributed by atoms with Crippen molar-refractivity contribution in [3.63, 3.8) is 0 Å². The molecule has 0 aromatic heterocycles. The van der Waals surface area contributed by atoms with Crippen molar-refractivity contribution in [2.24, 2.45) is 0 Å². The standard InChI is InChI=1S/C26H33N3O4S/c1-18-9-12-22(13-10-18)28-25(31)16-34(33)17-26(32)29(23-14-19(2)8-11-20(23)3)15-24(30)27-21-6-4-5-7-21/h8-14,21H,4-7,15-17H2,1-3H3,(H,27,30)(H,28,31)/t34-/m0/s1. The van der Waals surface area contributed by atoms with Crippen LogP contribution >= 0.6 is 0 Å². The summed E-state index contributed by atoms with van der Waals surface area (Å²) in [7, 11) is -1.72. The van der Waals surface area contributed by atoms with Crippen LogP contribution in [-0.2, 0) is 25.2 Å². The number of carbonyl (C=O) groups is 3. The Labute approximate surface area is 203 Å². The molecule has 182 valence electrons.